The van der Waals surface area contributed by atoms with Crippen molar-refractivity contribution in [3.8, 4) is 0 Å². The molecule has 150 valence electrons. The fourth-order valence-electron chi connectivity index (χ4n) is 3.15. The van der Waals surface area contributed by atoms with Crippen LogP contribution in [0.1, 0.15) is 50.2 Å². The number of likely N-dealkylation sites (tertiary alicyclic amines) is 1. The van der Waals surface area contributed by atoms with Crippen LogP contribution >= 0.6 is 11.3 Å². The van der Waals surface area contributed by atoms with Gasteiger partial charge in [0.2, 0.25) is 10.0 Å². The molecule has 2 aromatic rings. The number of carbonyl (C=O) groups excluding carboxylic acids is 1. The van der Waals surface area contributed by atoms with Gasteiger partial charge < -0.3 is 10.0 Å². The summed E-state index contributed by atoms with van der Waals surface area (Å²) in [5.41, 5.74) is 1.62. The van der Waals surface area contributed by atoms with Crippen LogP contribution in [0.25, 0.3) is 0 Å². The molecule has 1 aliphatic heterocycles. The second-order valence-electron chi connectivity index (χ2n) is 6.85. The summed E-state index contributed by atoms with van der Waals surface area (Å²) in [4.78, 5) is 29.7. The van der Waals surface area contributed by atoms with Gasteiger partial charge in [0.25, 0.3) is 5.91 Å². The highest BCUT2D eigenvalue weighted by Gasteiger charge is 2.27. The maximum absolute atomic E-state index is 12.8. The van der Waals surface area contributed by atoms with E-state index in [2.05, 4.69) is 9.71 Å². The molecule has 2 heterocycles. The zero-order valence-corrected chi connectivity index (χ0v) is 17.1. The van der Waals surface area contributed by atoms with Crippen LogP contribution in [0.3, 0.4) is 0 Å². The van der Waals surface area contributed by atoms with Gasteiger partial charge in [-0.15, -0.1) is 11.3 Å². The van der Waals surface area contributed by atoms with Crippen LogP contribution in [0.15, 0.2) is 23.6 Å². The van der Waals surface area contributed by atoms with Crippen LogP contribution in [0.4, 0.5) is 5.69 Å². The Morgan fingerprint density at radius 3 is 2.54 bits per heavy atom. The summed E-state index contributed by atoms with van der Waals surface area (Å²) in [5, 5.41) is 11.3. The van der Waals surface area contributed by atoms with Crippen molar-refractivity contribution in [1.29, 1.82) is 0 Å². The predicted octanol–water partition coefficient (Wildman–Crippen LogP) is 2.54. The highest BCUT2D eigenvalue weighted by atomic mass is 32.2. The minimum Gasteiger partial charge on any atom is -0.476 e. The first-order valence-electron chi connectivity index (χ1n) is 8.70. The number of hydrogen-bond donors (Lipinski definition) is 2. The van der Waals surface area contributed by atoms with E-state index in [1.54, 1.807) is 30.0 Å². The molecule has 1 aliphatic rings. The topological polar surface area (TPSA) is 117 Å². The second kappa shape index (κ2) is 7.88. The molecule has 0 spiro atoms. The van der Waals surface area contributed by atoms with Crippen molar-refractivity contribution in [3.05, 3.63) is 45.4 Å². The Bertz CT molecular complexity index is 1010. The summed E-state index contributed by atoms with van der Waals surface area (Å²) >= 11 is 1.34. The van der Waals surface area contributed by atoms with Gasteiger partial charge in [0.1, 0.15) is 0 Å². The lowest BCUT2D eigenvalue weighted by Crippen LogP contribution is -2.38. The number of thiazole rings is 1. The number of piperidine rings is 1. The third-order valence-corrected chi connectivity index (χ3v) is 6.25. The number of aromatic carboxylic acids is 1. The Balaban J connectivity index is 1.68. The van der Waals surface area contributed by atoms with Crippen molar-refractivity contribution in [3.63, 3.8) is 0 Å². The number of carboxylic acid groups (broad SMARTS) is 1. The first-order chi connectivity index (χ1) is 13.1. The first-order valence-corrected chi connectivity index (χ1v) is 11.5. The Morgan fingerprint density at radius 1 is 1.29 bits per heavy atom. The lowest BCUT2D eigenvalue weighted by atomic mass is 9.97. The summed E-state index contributed by atoms with van der Waals surface area (Å²) in [6.45, 7) is 2.84. The maximum Gasteiger partial charge on any atom is 0.355 e. The predicted molar refractivity (Wildman–Crippen MR) is 107 cm³/mol. The lowest BCUT2D eigenvalue weighted by Gasteiger charge is -2.31. The number of nitrogens with zero attached hydrogens (tertiary/aromatic N) is 2. The molecule has 3 rings (SSSR count). The number of anilines is 1. The summed E-state index contributed by atoms with van der Waals surface area (Å²) < 4.78 is 25.4. The standard InChI is InChI=1S/C18H21N3O5S2/c1-11-3-4-13(9-14(11)20-28(2,25)26)17(22)21-7-5-12(6-8-21)16-19-15(10-27-16)18(23)24/h3-4,9-10,12,20H,5-8H2,1-2H3,(H,23,24). The zero-order valence-electron chi connectivity index (χ0n) is 15.5. The average molecular weight is 424 g/mol. The minimum absolute atomic E-state index is 0.0593. The van der Waals surface area contributed by atoms with Gasteiger partial charge in [0.15, 0.2) is 5.69 Å². The van der Waals surface area contributed by atoms with Crippen molar-refractivity contribution in [2.45, 2.75) is 25.7 Å². The van der Waals surface area contributed by atoms with E-state index >= 15 is 0 Å². The van der Waals surface area contributed by atoms with Crippen molar-refractivity contribution in [2.75, 3.05) is 24.1 Å². The molecule has 10 heteroatoms. The van der Waals surface area contributed by atoms with Crippen LogP contribution in [-0.4, -0.2) is 54.6 Å². The zero-order chi connectivity index (χ0) is 20.5. The molecule has 1 fully saturated rings. The van der Waals surface area contributed by atoms with E-state index < -0.39 is 16.0 Å². The number of amides is 1. The number of nitrogens with one attached hydrogen (secondary N) is 1. The van der Waals surface area contributed by atoms with Crippen LogP contribution < -0.4 is 4.72 Å². The maximum atomic E-state index is 12.8. The second-order valence-corrected chi connectivity index (χ2v) is 9.48. The third kappa shape index (κ3) is 4.68. The number of sulfonamides is 1. The van der Waals surface area contributed by atoms with Crippen LogP contribution in [-0.2, 0) is 10.0 Å². The van der Waals surface area contributed by atoms with Crippen molar-refractivity contribution in [1.82, 2.24) is 9.88 Å². The molecule has 0 saturated carbocycles. The molecule has 2 N–H and O–H groups in total. The summed E-state index contributed by atoms with van der Waals surface area (Å²) in [6.07, 6.45) is 2.48. The Kier molecular flexibility index (Phi) is 5.71. The number of benzene rings is 1. The fourth-order valence-corrected chi connectivity index (χ4v) is 4.73. The van der Waals surface area contributed by atoms with Gasteiger partial charge in [-0.05, 0) is 37.5 Å². The number of aryl methyl sites for hydroxylation is 1. The number of carbonyl (C=O) groups is 2. The molecule has 1 saturated heterocycles. The Hall–Kier alpha value is -2.46. The molecule has 28 heavy (non-hydrogen) atoms. The van der Waals surface area contributed by atoms with Gasteiger partial charge in [-0.25, -0.2) is 18.2 Å². The molecule has 8 nitrogen and oxygen atoms in total. The Labute approximate surface area is 167 Å². The van der Waals surface area contributed by atoms with Gasteiger partial charge in [-0.1, -0.05) is 6.07 Å². The number of aromatic nitrogens is 1. The molecular weight excluding hydrogens is 402 g/mol. The van der Waals surface area contributed by atoms with Crippen molar-refractivity contribution < 1.29 is 23.1 Å². The average Bonchev–Trinajstić information content (AvgIpc) is 3.12. The van der Waals surface area contributed by atoms with Crippen molar-refractivity contribution in [2.24, 2.45) is 0 Å². The van der Waals surface area contributed by atoms with Gasteiger partial charge in [0.05, 0.1) is 17.0 Å². The highest BCUT2D eigenvalue weighted by molar-refractivity contribution is 7.92. The molecule has 0 radical (unpaired) electrons. The van der Waals surface area contributed by atoms with E-state index in [0.29, 0.717) is 37.2 Å². The Morgan fingerprint density at radius 2 is 1.96 bits per heavy atom. The summed E-state index contributed by atoms with van der Waals surface area (Å²) in [5.74, 6) is -1.05. The molecular formula is C18H21N3O5S2. The highest BCUT2D eigenvalue weighted by Crippen LogP contribution is 2.31. The SMILES string of the molecule is Cc1ccc(C(=O)N2CCC(c3nc(C(=O)O)cs3)CC2)cc1NS(C)(=O)=O. The van der Waals surface area contributed by atoms with Crippen molar-refractivity contribution >= 4 is 38.9 Å². The number of rotatable bonds is 5. The number of hydrogen-bond acceptors (Lipinski definition) is 6. The number of carboxylic acids is 1. The molecule has 1 aromatic heterocycles. The first kappa shape index (κ1) is 20.3. The quantitative estimate of drug-likeness (QED) is 0.763. The van der Waals surface area contributed by atoms with E-state index in [4.69, 9.17) is 5.11 Å². The smallest absolute Gasteiger partial charge is 0.355 e. The molecule has 0 atom stereocenters. The molecule has 0 unspecified atom stereocenters. The third-order valence-electron chi connectivity index (χ3n) is 4.65. The van der Waals surface area contributed by atoms with E-state index in [0.717, 1.165) is 16.8 Å². The van der Waals surface area contributed by atoms with Crippen LogP contribution in [0, 0.1) is 6.92 Å². The molecule has 0 aliphatic carbocycles. The van der Waals surface area contributed by atoms with Gasteiger partial charge in [0, 0.05) is 30.0 Å². The fraction of sp³-hybridized carbons (Fsp3) is 0.389. The van der Waals surface area contributed by atoms with Gasteiger partial charge in [-0.3, -0.25) is 9.52 Å². The van der Waals surface area contributed by atoms with Gasteiger partial charge in [-0.2, -0.15) is 0 Å². The van der Waals surface area contributed by atoms with E-state index in [9.17, 15) is 18.0 Å². The summed E-state index contributed by atoms with van der Waals surface area (Å²) in [7, 11) is -3.43. The minimum atomic E-state index is -3.43. The monoisotopic (exact) mass is 423 g/mol. The lowest BCUT2D eigenvalue weighted by molar-refractivity contribution is 0.0690. The largest absolute Gasteiger partial charge is 0.476 e. The molecule has 1 aromatic carbocycles. The van der Waals surface area contributed by atoms with E-state index in [1.165, 1.54) is 16.7 Å². The van der Waals surface area contributed by atoms with Gasteiger partial charge >= 0.3 is 5.97 Å². The van der Waals surface area contributed by atoms with Crippen LogP contribution in [0.5, 0.6) is 0 Å². The van der Waals surface area contributed by atoms with E-state index in [1.807, 2.05) is 0 Å². The molecule has 0 bridgehead atoms. The molecule has 1 amide bonds. The van der Waals surface area contributed by atoms with E-state index in [-0.39, 0.29) is 17.5 Å². The van der Waals surface area contributed by atoms with Crippen LogP contribution in [0.2, 0.25) is 0 Å². The summed E-state index contributed by atoms with van der Waals surface area (Å²) in [6, 6.07) is 4.97. The normalized spacial score (nSPS) is 15.4.